The van der Waals surface area contributed by atoms with E-state index in [4.69, 9.17) is 15.0 Å². The predicted molar refractivity (Wildman–Crippen MR) is 297 cm³/mol. The molecule has 14 aromatic rings. The molecule has 0 radical (unpaired) electrons. The fourth-order valence-corrected chi connectivity index (χ4v) is 16.2. The minimum Gasteiger partial charge on any atom is -0.309 e. The molecule has 8 heteroatoms. The molecule has 14 rings (SSSR count). The molecule has 0 aliphatic heterocycles. The van der Waals surface area contributed by atoms with Crippen LogP contribution in [0.15, 0.2) is 249 Å². The molecule has 4 heterocycles. The third-order valence-electron chi connectivity index (χ3n) is 14.5. The molecule has 336 valence electrons. The number of para-hydroxylation sites is 4. The molecule has 0 amide bonds. The van der Waals surface area contributed by atoms with E-state index in [-0.39, 0.29) is 0 Å². The van der Waals surface area contributed by atoms with Crippen molar-refractivity contribution >= 4 is 94.2 Å². The van der Waals surface area contributed by atoms with Crippen molar-refractivity contribution in [2.75, 3.05) is 0 Å². The maximum Gasteiger partial charge on any atom is 0.240 e. The normalized spacial score (nSPS) is 11.9. The van der Waals surface area contributed by atoms with E-state index in [9.17, 15) is 5.26 Å². The summed E-state index contributed by atoms with van der Waals surface area (Å²) in [6.07, 6.45) is 0. The summed E-state index contributed by atoms with van der Waals surface area (Å²) in [5, 5.41) is 21.6. The zero-order chi connectivity index (χ0) is 47.8. The van der Waals surface area contributed by atoms with Crippen LogP contribution in [0.3, 0.4) is 0 Å². The number of fused-ring (bicyclic) bond motifs is 10. The molecule has 0 unspecified atom stereocenters. The molecule has 0 aliphatic rings. The molecule has 0 saturated carbocycles. The lowest BCUT2D eigenvalue weighted by atomic mass is 10.1. The molecule has 10 aromatic carbocycles. The maximum absolute atomic E-state index is 10.1. The molecule has 0 N–H and O–H groups in total. The highest BCUT2D eigenvalue weighted by atomic mass is 28.3. The van der Waals surface area contributed by atoms with Gasteiger partial charge >= 0.3 is 0 Å². The van der Waals surface area contributed by atoms with Gasteiger partial charge in [0.15, 0.2) is 13.9 Å². The zero-order valence-corrected chi connectivity index (χ0v) is 39.8. The van der Waals surface area contributed by atoms with Gasteiger partial charge in [0, 0.05) is 43.6 Å². The number of hydrogen-bond donors (Lipinski definition) is 0. The number of nitrogens with zero attached hydrogens (tertiary/aromatic N) is 7. The van der Waals surface area contributed by atoms with Crippen molar-refractivity contribution in [3.05, 3.63) is 254 Å². The van der Waals surface area contributed by atoms with Crippen LogP contribution in [0, 0.1) is 11.3 Å². The van der Waals surface area contributed by atoms with Crippen LogP contribution >= 0.6 is 0 Å². The van der Waals surface area contributed by atoms with Crippen LogP contribution in [0.25, 0.3) is 94.4 Å². The topological polar surface area (TPSA) is 77.2 Å². The van der Waals surface area contributed by atoms with Crippen molar-refractivity contribution in [2.24, 2.45) is 0 Å². The molecule has 0 saturated heterocycles. The first-order chi connectivity index (χ1) is 35.7. The Morgan fingerprint density at radius 3 is 1.40 bits per heavy atom. The van der Waals surface area contributed by atoms with Gasteiger partial charge in [-0.3, -0.25) is 9.13 Å². The molecule has 0 spiro atoms. The Balaban J connectivity index is 1.07. The summed E-state index contributed by atoms with van der Waals surface area (Å²) in [6.45, 7) is 0. The summed E-state index contributed by atoms with van der Waals surface area (Å²) >= 11 is 0. The SMILES string of the molecule is N#Cc1ccc2c(c1)c1ccccc1n2-c1nc(-c2ccc([Si](c3ccccc3)(c3ccccc3)c3ccccc3)cc2)nc(-n2c3ccccc3c3ccc4c(c5ccccc5n4-c4ccccc4)c32)n1. The molecule has 0 bridgehead atoms. The summed E-state index contributed by atoms with van der Waals surface area (Å²) < 4.78 is 6.73. The fraction of sp³-hybridized carbons (Fsp3) is 0. The molecular weight excluding hydrogens is 895 g/mol. The Morgan fingerprint density at radius 2 is 0.806 bits per heavy atom. The largest absolute Gasteiger partial charge is 0.309 e. The van der Waals surface area contributed by atoms with E-state index in [0.29, 0.717) is 23.3 Å². The van der Waals surface area contributed by atoms with Crippen molar-refractivity contribution in [1.29, 1.82) is 5.26 Å². The summed E-state index contributed by atoms with van der Waals surface area (Å²) in [4.78, 5) is 16.6. The first-order valence-corrected chi connectivity index (χ1v) is 26.2. The van der Waals surface area contributed by atoms with Crippen LogP contribution in [-0.4, -0.2) is 36.7 Å². The number of rotatable bonds is 8. The Bertz CT molecular complexity index is 4340. The van der Waals surface area contributed by atoms with E-state index >= 15 is 0 Å². The van der Waals surface area contributed by atoms with Crippen molar-refractivity contribution < 1.29 is 0 Å². The van der Waals surface area contributed by atoms with E-state index in [1.165, 1.54) is 20.7 Å². The summed E-state index contributed by atoms with van der Waals surface area (Å²) in [7, 11) is -2.82. The van der Waals surface area contributed by atoms with Gasteiger partial charge in [-0.2, -0.15) is 20.2 Å². The monoisotopic (exact) mass is 935 g/mol. The number of hydrogen-bond acceptors (Lipinski definition) is 4. The van der Waals surface area contributed by atoms with Crippen molar-refractivity contribution in [3.63, 3.8) is 0 Å². The van der Waals surface area contributed by atoms with E-state index < -0.39 is 8.07 Å². The van der Waals surface area contributed by atoms with Crippen LogP contribution in [0.4, 0.5) is 0 Å². The number of aromatic nitrogens is 6. The molecular formula is C64H41N7Si. The smallest absolute Gasteiger partial charge is 0.240 e. The summed E-state index contributed by atoms with van der Waals surface area (Å²) in [5.41, 5.74) is 8.57. The summed E-state index contributed by atoms with van der Waals surface area (Å²) in [6, 6.07) is 90.7. The van der Waals surface area contributed by atoms with Crippen molar-refractivity contribution in [1.82, 2.24) is 28.7 Å². The second-order valence-corrected chi connectivity index (χ2v) is 22.1. The molecule has 0 aliphatic carbocycles. The lowest BCUT2D eigenvalue weighted by molar-refractivity contribution is 0.894. The molecule has 72 heavy (non-hydrogen) atoms. The van der Waals surface area contributed by atoms with E-state index in [1.807, 2.05) is 30.3 Å². The van der Waals surface area contributed by atoms with E-state index in [2.05, 4.69) is 238 Å². The zero-order valence-electron chi connectivity index (χ0n) is 38.8. The highest BCUT2D eigenvalue weighted by Crippen LogP contribution is 2.42. The van der Waals surface area contributed by atoms with Gasteiger partial charge in [0.2, 0.25) is 11.9 Å². The fourth-order valence-electron chi connectivity index (χ4n) is 11.4. The Labute approximate surface area is 415 Å². The minimum atomic E-state index is -2.82. The Kier molecular flexibility index (Phi) is 9.46. The first kappa shape index (κ1) is 41.3. The Hall–Kier alpha value is -9.68. The highest BCUT2D eigenvalue weighted by molar-refractivity contribution is 7.19. The number of benzene rings is 10. The van der Waals surface area contributed by atoms with Gasteiger partial charge in [-0.05, 0) is 75.3 Å². The highest BCUT2D eigenvalue weighted by Gasteiger charge is 2.41. The quantitative estimate of drug-likeness (QED) is 0.112. The summed E-state index contributed by atoms with van der Waals surface area (Å²) in [5.74, 6) is 1.51. The second kappa shape index (κ2) is 16.5. The van der Waals surface area contributed by atoms with Gasteiger partial charge in [-0.1, -0.05) is 194 Å². The molecule has 7 nitrogen and oxygen atoms in total. The van der Waals surface area contributed by atoms with Gasteiger partial charge in [0.05, 0.1) is 44.7 Å². The van der Waals surface area contributed by atoms with Gasteiger partial charge in [-0.25, -0.2) is 0 Å². The molecule has 0 fully saturated rings. The lowest BCUT2D eigenvalue weighted by Crippen LogP contribution is -2.74. The molecule has 0 atom stereocenters. The van der Waals surface area contributed by atoms with Crippen LogP contribution in [0.5, 0.6) is 0 Å². The van der Waals surface area contributed by atoms with Crippen LogP contribution in [-0.2, 0) is 0 Å². The van der Waals surface area contributed by atoms with Gasteiger partial charge in [0.25, 0.3) is 0 Å². The van der Waals surface area contributed by atoms with E-state index in [1.54, 1.807) is 0 Å². The minimum absolute atomic E-state index is 0.474. The average Bonchev–Trinajstić information content (AvgIpc) is 4.10. The van der Waals surface area contributed by atoms with E-state index in [0.717, 1.165) is 76.7 Å². The average molecular weight is 936 g/mol. The maximum atomic E-state index is 10.1. The van der Waals surface area contributed by atoms with Gasteiger partial charge < -0.3 is 4.57 Å². The lowest BCUT2D eigenvalue weighted by Gasteiger charge is -2.34. The number of nitriles is 1. The van der Waals surface area contributed by atoms with Crippen LogP contribution in [0.1, 0.15) is 5.56 Å². The Morgan fingerprint density at radius 1 is 0.347 bits per heavy atom. The van der Waals surface area contributed by atoms with Crippen LogP contribution < -0.4 is 20.7 Å². The second-order valence-electron chi connectivity index (χ2n) is 18.3. The third-order valence-corrected chi connectivity index (χ3v) is 19.3. The third kappa shape index (κ3) is 6.18. The van der Waals surface area contributed by atoms with Gasteiger partial charge in [-0.15, -0.1) is 0 Å². The van der Waals surface area contributed by atoms with Gasteiger partial charge in [0.1, 0.15) is 0 Å². The van der Waals surface area contributed by atoms with Crippen molar-refractivity contribution in [3.8, 4) is 35.0 Å². The van der Waals surface area contributed by atoms with Crippen molar-refractivity contribution in [2.45, 2.75) is 0 Å². The standard InChI is InChI=1S/C64H41N7Si/c65-42-43-33-39-58-54(41-43)51-28-14-16-30-55(51)70(58)63-66-62(44-34-36-49(37-35-44)72(46-21-7-2-8-22-46,47-23-9-3-10-24-47)48-25-11-4-12-26-48)67-64(68-63)71-56-31-17-13-27-50(56)52-38-40-59-60(61(52)71)53-29-15-18-32-57(53)69(59)45-19-5-1-6-20-45/h1-41H. The first-order valence-electron chi connectivity index (χ1n) is 24.2. The predicted octanol–water partition coefficient (Wildman–Crippen LogP) is 12.1. The molecule has 4 aromatic heterocycles. The van der Waals surface area contributed by atoms with Crippen LogP contribution in [0.2, 0.25) is 0 Å².